The highest BCUT2D eigenvalue weighted by Crippen LogP contribution is 2.11. The second-order valence-electron chi connectivity index (χ2n) is 3.40. The first-order valence-corrected chi connectivity index (χ1v) is 5.14. The van der Waals surface area contributed by atoms with E-state index in [1.807, 2.05) is 37.3 Å². The van der Waals surface area contributed by atoms with Crippen molar-refractivity contribution in [1.29, 1.82) is 0 Å². The van der Waals surface area contributed by atoms with Gasteiger partial charge in [0.25, 0.3) is 0 Å². The number of methoxy groups -OCH3 is 1. The van der Waals surface area contributed by atoms with E-state index in [1.165, 1.54) is 7.11 Å². The van der Waals surface area contributed by atoms with Gasteiger partial charge in [0.15, 0.2) is 0 Å². The topological polar surface area (TPSA) is 38.3 Å². The average Bonchev–Trinajstić information content (AvgIpc) is 2.29. The van der Waals surface area contributed by atoms with Crippen LogP contribution in [0.15, 0.2) is 30.3 Å². The van der Waals surface area contributed by atoms with E-state index in [1.54, 1.807) is 0 Å². The molecule has 0 aliphatic heterocycles. The van der Waals surface area contributed by atoms with Crippen LogP contribution >= 0.6 is 0 Å². The number of anilines is 1. The van der Waals surface area contributed by atoms with Crippen LogP contribution in [0.3, 0.4) is 0 Å². The fourth-order valence-electron chi connectivity index (χ4n) is 1.35. The van der Waals surface area contributed by atoms with Crippen LogP contribution in [-0.2, 0) is 9.53 Å². The van der Waals surface area contributed by atoms with Crippen LogP contribution in [0.2, 0.25) is 0 Å². The van der Waals surface area contributed by atoms with Gasteiger partial charge in [0.1, 0.15) is 0 Å². The van der Waals surface area contributed by atoms with E-state index in [0.29, 0.717) is 6.42 Å². The fourth-order valence-corrected chi connectivity index (χ4v) is 1.35. The highest BCUT2D eigenvalue weighted by molar-refractivity contribution is 5.70. The molecule has 0 aliphatic rings. The monoisotopic (exact) mass is 207 g/mol. The summed E-state index contributed by atoms with van der Waals surface area (Å²) in [6, 6.07) is 10.0. The lowest BCUT2D eigenvalue weighted by atomic mass is 10.1. The predicted octanol–water partition coefficient (Wildman–Crippen LogP) is 2.44. The summed E-state index contributed by atoms with van der Waals surface area (Å²) in [4.78, 5) is 11.1. The zero-order chi connectivity index (χ0) is 11.1. The van der Waals surface area contributed by atoms with Crippen LogP contribution in [0.4, 0.5) is 5.69 Å². The Kier molecular flexibility index (Phi) is 4.68. The smallest absolute Gasteiger partial charge is 0.307 e. The Bertz CT molecular complexity index is 298. The number of ether oxygens (including phenoxy) is 1. The zero-order valence-corrected chi connectivity index (χ0v) is 9.19. The van der Waals surface area contributed by atoms with Crippen LogP contribution in [-0.4, -0.2) is 19.1 Å². The van der Waals surface area contributed by atoms with Crippen LogP contribution in [0.5, 0.6) is 0 Å². The Morgan fingerprint density at radius 1 is 1.40 bits per heavy atom. The first-order valence-electron chi connectivity index (χ1n) is 5.14. The van der Waals surface area contributed by atoms with Gasteiger partial charge in [-0.2, -0.15) is 0 Å². The van der Waals surface area contributed by atoms with Crippen LogP contribution in [0.1, 0.15) is 19.8 Å². The highest BCUT2D eigenvalue weighted by atomic mass is 16.5. The van der Waals surface area contributed by atoms with Gasteiger partial charge in [0.05, 0.1) is 13.5 Å². The molecule has 3 heteroatoms. The molecule has 0 aliphatic carbocycles. The molecule has 1 aromatic carbocycles. The molecule has 0 heterocycles. The third kappa shape index (κ3) is 4.02. The summed E-state index contributed by atoms with van der Waals surface area (Å²) in [7, 11) is 1.41. The molecule has 0 saturated heterocycles. The predicted molar refractivity (Wildman–Crippen MR) is 60.8 cm³/mol. The van der Waals surface area contributed by atoms with Gasteiger partial charge in [0, 0.05) is 11.7 Å². The standard InChI is InChI=1S/C12H17NO2/c1-3-10(9-12(14)15-2)13-11-7-5-4-6-8-11/h4-8,10,13H,3,9H2,1-2H3. The molecular weight excluding hydrogens is 190 g/mol. The van der Waals surface area contributed by atoms with Gasteiger partial charge in [-0.3, -0.25) is 4.79 Å². The van der Waals surface area contributed by atoms with Gasteiger partial charge in [-0.1, -0.05) is 25.1 Å². The molecule has 15 heavy (non-hydrogen) atoms. The fraction of sp³-hybridized carbons (Fsp3) is 0.417. The third-order valence-corrected chi connectivity index (χ3v) is 2.28. The molecule has 82 valence electrons. The van der Waals surface area contributed by atoms with E-state index in [-0.39, 0.29) is 12.0 Å². The number of carbonyl (C=O) groups excluding carboxylic acids is 1. The van der Waals surface area contributed by atoms with Crippen molar-refractivity contribution < 1.29 is 9.53 Å². The first-order chi connectivity index (χ1) is 7.26. The molecular formula is C12H17NO2. The molecule has 0 bridgehead atoms. The van der Waals surface area contributed by atoms with Gasteiger partial charge >= 0.3 is 5.97 Å². The van der Waals surface area contributed by atoms with Crippen molar-refractivity contribution in [1.82, 2.24) is 0 Å². The van der Waals surface area contributed by atoms with Crippen molar-refractivity contribution >= 4 is 11.7 Å². The number of hydrogen-bond donors (Lipinski definition) is 1. The lowest BCUT2D eigenvalue weighted by Gasteiger charge is -2.16. The van der Waals surface area contributed by atoms with E-state index in [4.69, 9.17) is 0 Å². The highest BCUT2D eigenvalue weighted by Gasteiger charge is 2.11. The number of hydrogen-bond acceptors (Lipinski definition) is 3. The van der Waals surface area contributed by atoms with Crippen molar-refractivity contribution in [3.8, 4) is 0 Å². The number of esters is 1. The maximum Gasteiger partial charge on any atom is 0.307 e. The molecule has 0 spiro atoms. The maximum absolute atomic E-state index is 11.1. The second kappa shape index (κ2) is 6.06. The summed E-state index contributed by atoms with van der Waals surface area (Å²) < 4.78 is 4.64. The molecule has 0 saturated carbocycles. The van der Waals surface area contributed by atoms with Gasteiger partial charge in [-0.15, -0.1) is 0 Å². The van der Waals surface area contributed by atoms with Gasteiger partial charge in [-0.25, -0.2) is 0 Å². The molecule has 0 radical (unpaired) electrons. The number of carbonyl (C=O) groups is 1. The molecule has 1 N–H and O–H groups in total. The Morgan fingerprint density at radius 2 is 2.07 bits per heavy atom. The van der Waals surface area contributed by atoms with E-state index in [0.717, 1.165) is 12.1 Å². The van der Waals surface area contributed by atoms with Gasteiger partial charge in [0.2, 0.25) is 0 Å². The van der Waals surface area contributed by atoms with Crippen molar-refractivity contribution in [3.05, 3.63) is 30.3 Å². The normalized spacial score (nSPS) is 11.9. The number of para-hydroxylation sites is 1. The molecule has 0 amide bonds. The quantitative estimate of drug-likeness (QED) is 0.754. The molecule has 1 unspecified atom stereocenters. The molecule has 0 fully saturated rings. The van der Waals surface area contributed by atoms with Crippen LogP contribution < -0.4 is 5.32 Å². The molecule has 0 aromatic heterocycles. The van der Waals surface area contributed by atoms with Crippen molar-refractivity contribution in [2.75, 3.05) is 12.4 Å². The summed E-state index contributed by atoms with van der Waals surface area (Å²) in [5.74, 6) is -0.176. The summed E-state index contributed by atoms with van der Waals surface area (Å²) in [6.45, 7) is 2.05. The van der Waals surface area contributed by atoms with E-state index >= 15 is 0 Å². The number of benzene rings is 1. The largest absolute Gasteiger partial charge is 0.469 e. The Labute approximate surface area is 90.4 Å². The minimum atomic E-state index is -0.176. The Morgan fingerprint density at radius 3 is 2.60 bits per heavy atom. The van der Waals surface area contributed by atoms with E-state index in [2.05, 4.69) is 10.1 Å². The van der Waals surface area contributed by atoms with Crippen molar-refractivity contribution in [2.45, 2.75) is 25.8 Å². The summed E-state index contributed by atoms with van der Waals surface area (Å²) in [6.07, 6.45) is 1.30. The number of nitrogens with one attached hydrogen (secondary N) is 1. The zero-order valence-electron chi connectivity index (χ0n) is 9.19. The average molecular weight is 207 g/mol. The summed E-state index contributed by atoms with van der Waals surface area (Å²) >= 11 is 0. The summed E-state index contributed by atoms with van der Waals surface area (Å²) in [5, 5.41) is 3.29. The van der Waals surface area contributed by atoms with Gasteiger partial charge in [-0.05, 0) is 18.6 Å². The Hall–Kier alpha value is -1.51. The third-order valence-electron chi connectivity index (χ3n) is 2.28. The molecule has 1 atom stereocenters. The van der Waals surface area contributed by atoms with Crippen molar-refractivity contribution in [3.63, 3.8) is 0 Å². The SMILES string of the molecule is CCC(CC(=O)OC)Nc1ccccc1. The Balaban J connectivity index is 2.50. The molecule has 1 rings (SSSR count). The minimum Gasteiger partial charge on any atom is -0.469 e. The lowest BCUT2D eigenvalue weighted by Crippen LogP contribution is -2.22. The van der Waals surface area contributed by atoms with Crippen LogP contribution in [0.25, 0.3) is 0 Å². The molecule has 1 aromatic rings. The molecule has 3 nitrogen and oxygen atoms in total. The van der Waals surface area contributed by atoms with Crippen LogP contribution in [0, 0.1) is 0 Å². The van der Waals surface area contributed by atoms with E-state index in [9.17, 15) is 4.79 Å². The van der Waals surface area contributed by atoms with Crippen molar-refractivity contribution in [2.24, 2.45) is 0 Å². The first kappa shape index (κ1) is 11.6. The maximum atomic E-state index is 11.1. The minimum absolute atomic E-state index is 0.139. The lowest BCUT2D eigenvalue weighted by molar-refractivity contribution is -0.140. The van der Waals surface area contributed by atoms with E-state index < -0.39 is 0 Å². The number of rotatable bonds is 5. The summed E-state index contributed by atoms with van der Waals surface area (Å²) in [5.41, 5.74) is 1.04. The van der Waals surface area contributed by atoms with Gasteiger partial charge < -0.3 is 10.1 Å². The second-order valence-corrected chi connectivity index (χ2v) is 3.40.